The molecule has 1 rings (SSSR count). The van der Waals surface area contributed by atoms with E-state index in [1.165, 1.54) is 0 Å². The van der Waals surface area contributed by atoms with Gasteiger partial charge in [-0.25, -0.2) is 9.59 Å². The zero-order valence-corrected chi connectivity index (χ0v) is 13.5. The van der Waals surface area contributed by atoms with Crippen LogP contribution in [0.5, 0.6) is 0 Å². The number of likely N-dealkylation sites (tertiary alicyclic amines) is 1. The Kier molecular flexibility index (Phi) is 6.95. The first-order valence-electron chi connectivity index (χ1n) is 7.70. The van der Waals surface area contributed by atoms with E-state index in [2.05, 4.69) is 13.8 Å². The van der Waals surface area contributed by atoms with Crippen LogP contribution in [-0.4, -0.2) is 65.3 Å². The van der Waals surface area contributed by atoms with Crippen molar-refractivity contribution in [2.45, 2.75) is 52.7 Å². The maximum atomic E-state index is 12.6. The molecule has 6 nitrogen and oxygen atoms in total. The Hall–Kier alpha value is -1.30. The first-order valence-corrected chi connectivity index (χ1v) is 7.70. The topological polar surface area (TPSA) is 70.1 Å². The number of aliphatic carboxylic acids is 1. The van der Waals surface area contributed by atoms with Crippen molar-refractivity contribution in [1.82, 2.24) is 9.80 Å². The molecule has 1 aliphatic rings. The molecule has 1 N–H and O–H groups in total. The van der Waals surface area contributed by atoms with Crippen LogP contribution in [0.1, 0.15) is 40.5 Å². The fourth-order valence-corrected chi connectivity index (χ4v) is 2.49. The second kappa shape index (κ2) is 8.22. The highest BCUT2D eigenvalue weighted by atomic mass is 16.5. The number of carboxylic acids is 1. The lowest BCUT2D eigenvalue weighted by Gasteiger charge is -2.37. The number of carboxylic acid groups (broad SMARTS) is 1. The Morgan fingerprint density at radius 3 is 2.24 bits per heavy atom. The number of rotatable bonds is 6. The van der Waals surface area contributed by atoms with E-state index < -0.39 is 5.97 Å². The van der Waals surface area contributed by atoms with Gasteiger partial charge in [0, 0.05) is 25.7 Å². The number of hydrogen-bond acceptors (Lipinski definition) is 3. The zero-order chi connectivity index (χ0) is 16.0. The summed E-state index contributed by atoms with van der Waals surface area (Å²) < 4.78 is 5.29. The summed E-state index contributed by atoms with van der Waals surface area (Å²) in [5.74, 6) is -0.510. The van der Waals surface area contributed by atoms with Gasteiger partial charge < -0.3 is 19.6 Å². The number of nitrogens with zero attached hydrogens (tertiary/aromatic N) is 2. The third-order valence-corrected chi connectivity index (χ3v) is 3.59. The van der Waals surface area contributed by atoms with Crippen LogP contribution in [0.4, 0.5) is 4.79 Å². The lowest BCUT2D eigenvalue weighted by molar-refractivity contribution is -0.145. The van der Waals surface area contributed by atoms with Crippen molar-refractivity contribution in [3.8, 4) is 0 Å². The maximum absolute atomic E-state index is 12.6. The van der Waals surface area contributed by atoms with E-state index >= 15 is 0 Å². The molecule has 0 aromatic heterocycles. The molecule has 0 bridgehead atoms. The highest BCUT2D eigenvalue weighted by Gasteiger charge is 2.28. The van der Waals surface area contributed by atoms with Crippen molar-refractivity contribution >= 4 is 12.0 Å². The number of carbonyl (C=O) groups excluding carboxylic acids is 1. The van der Waals surface area contributed by atoms with E-state index in [4.69, 9.17) is 9.84 Å². The smallest absolute Gasteiger partial charge is 0.329 e. The average molecular weight is 300 g/mol. The molecule has 1 fully saturated rings. The molecule has 2 amide bonds. The lowest BCUT2D eigenvalue weighted by Crippen LogP contribution is -2.51. The molecule has 21 heavy (non-hydrogen) atoms. The predicted octanol–water partition coefficient (Wildman–Crippen LogP) is 2.04. The van der Waals surface area contributed by atoms with Gasteiger partial charge in [0.2, 0.25) is 0 Å². The van der Waals surface area contributed by atoms with Gasteiger partial charge in [0.05, 0.1) is 6.10 Å². The number of amides is 2. The highest BCUT2D eigenvalue weighted by molar-refractivity contribution is 5.75. The normalized spacial score (nSPS) is 16.6. The highest BCUT2D eigenvalue weighted by Crippen LogP contribution is 2.17. The Labute approximate surface area is 127 Å². The van der Waals surface area contributed by atoms with Gasteiger partial charge in [-0.05, 0) is 32.6 Å². The van der Waals surface area contributed by atoms with Gasteiger partial charge in [-0.3, -0.25) is 0 Å². The molecule has 1 aliphatic heterocycles. The lowest BCUT2D eigenvalue weighted by atomic mass is 10.1. The molecule has 0 aromatic rings. The minimum absolute atomic E-state index is 0.0530. The van der Waals surface area contributed by atoms with Gasteiger partial charge in [-0.2, -0.15) is 0 Å². The molecular formula is C15H28N2O4. The maximum Gasteiger partial charge on any atom is 0.329 e. The molecule has 122 valence electrons. The summed E-state index contributed by atoms with van der Waals surface area (Å²) in [4.78, 5) is 26.8. The van der Waals surface area contributed by atoms with Gasteiger partial charge in [-0.15, -0.1) is 0 Å². The van der Waals surface area contributed by atoms with Gasteiger partial charge in [0.15, 0.2) is 0 Å². The molecule has 0 unspecified atom stereocenters. The Bertz CT molecular complexity index is 350. The molecule has 0 spiro atoms. The fraction of sp³-hybridized carbons (Fsp3) is 0.867. The molecule has 0 saturated carbocycles. The predicted molar refractivity (Wildman–Crippen MR) is 80.3 cm³/mol. The Balaban J connectivity index is 2.47. The number of hydrogen-bond donors (Lipinski definition) is 1. The van der Waals surface area contributed by atoms with Crippen molar-refractivity contribution in [3.05, 3.63) is 0 Å². The number of urea groups is 1. The molecule has 1 saturated heterocycles. The van der Waals surface area contributed by atoms with Crippen LogP contribution in [0.25, 0.3) is 0 Å². The Morgan fingerprint density at radius 1 is 1.24 bits per heavy atom. The van der Waals surface area contributed by atoms with Crippen LogP contribution in [0.3, 0.4) is 0 Å². The van der Waals surface area contributed by atoms with Gasteiger partial charge in [-0.1, -0.05) is 13.8 Å². The van der Waals surface area contributed by atoms with Crippen molar-refractivity contribution < 1.29 is 19.4 Å². The summed E-state index contributed by atoms with van der Waals surface area (Å²) in [5.41, 5.74) is 0. The minimum atomic E-state index is -0.948. The van der Waals surface area contributed by atoms with Crippen LogP contribution in [0.2, 0.25) is 0 Å². The molecular weight excluding hydrogens is 272 g/mol. The second-order valence-electron chi connectivity index (χ2n) is 6.31. The van der Waals surface area contributed by atoms with E-state index in [0.29, 0.717) is 31.8 Å². The molecule has 0 radical (unpaired) electrons. The van der Waals surface area contributed by atoms with Crippen LogP contribution in [0.15, 0.2) is 0 Å². The van der Waals surface area contributed by atoms with E-state index in [1.54, 1.807) is 0 Å². The third kappa shape index (κ3) is 5.91. The Morgan fingerprint density at radius 2 is 1.81 bits per heavy atom. The van der Waals surface area contributed by atoms with Crippen molar-refractivity contribution in [2.24, 2.45) is 5.92 Å². The van der Waals surface area contributed by atoms with Crippen LogP contribution in [0, 0.1) is 5.92 Å². The van der Waals surface area contributed by atoms with Gasteiger partial charge in [0.1, 0.15) is 6.61 Å². The molecule has 0 aliphatic carbocycles. The summed E-state index contributed by atoms with van der Waals surface area (Å²) in [6, 6.07) is 0.260. The fourth-order valence-electron chi connectivity index (χ4n) is 2.49. The molecule has 0 atom stereocenters. The quantitative estimate of drug-likeness (QED) is 0.815. The largest absolute Gasteiger partial charge is 0.480 e. The summed E-state index contributed by atoms with van der Waals surface area (Å²) in [6.45, 7) is 10.0. The minimum Gasteiger partial charge on any atom is -0.480 e. The summed E-state index contributed by atoms with van der Waals surface area (Å²) >= 11 is 0. The monoisotopic (exact) mass is 300 g/mol. The molecule has 0 aromatic carbocycles. The van der Waals surface area contributed by atoms with Crippen LogP contribution < -0.4 is 0 Å². The summed E-state index contributed by atoms with van der Waals surface area (Å²) in [7, 11) is 0. The zero-order valence-electron chi connectivity index (χ0n) is 13.5. The van der Waals surface area contributed by atoms with E-state index in [1.807, 2.05) is 23.6 Å². The molecule has 6 heteroatoms. The van der Waals surface area contributed by atoms with Gasteiger partial charge >= 0.3 is 12.0 Å². The number of piperidine rings is 1. The summed E-state index contributed by atoms with van der Waals surface area (Å²) in [5, 5.41) is 8.61. The summed E-state index contributed by atoms with van der Waals surface area (Å²) in [6.07, 6.45) is 1.35. The average Bonchev–Trinajstić information content (AvgIpc) is 2.42. The first kappa shape index (κ1) is 17.8. The van der Waals surface area contributed by atoms with Crippen molar-refractivity contribution in [1.29, 1.82) is 0 Å². The van der Waals surface area contributed by atoms with Crippen molar-refractivity contribution in [2.75, 3.05) is 26.2 Å². The number of carbonyl (C=O) groups is 2. The first-order chi connectivity index (χ1) is 9.81. The molecule has 1 heterocycles. The van der Waals surface area contributed by atoms with E-state index in [-0.39, 0.29) is 24.8 Å². The second-order valence-corrected chi connectivity index (χ2v) is 6.31. The van der Waals surface area contributed by atoms with Crippen LogP contribution >= 0.6 is 0 Å². The van der Waals surface area contributed by atoms with E-state index in [0.717, 1.165) is 6.54 Å². The standard InChI is InChI=1S/C15H28N2O4/c1-11(2)9-17(12(3)4)15(20)16-7-5-13(6-8-16)21-10-14(18)19/h11-13H,5-10H2,1-4H3,(H,18,19). The SMILES string of the molecule is CC(C)CN(C(=O)N1CCC(OCC(=O)O)CC1)C(C)C. The number of ether oxygens (including phenoxy) is 1. The van der Waals surface area contributed by atoms with Crippen molar-refractivity contribution in [3.63, 3.8) is 0 Å². The third-order valence-electron chi connectivity index (χ3n) is 3.59. The van der Waals surface area contributed by atoms with Gasteiger partial charge in [0.25, 0.3) is 0 Å². The van der Waals surface area contributed by atoms with E-state index in [9.17, 15) is 9.59 Å². The van der Waals surface area contributed by atoms with Crippen LogP contribution in [-0.2, 0) is 9.53 Å².